The molecule has 50 heavy (non-hydrogen) atoms. The maximum absolute atomic E-state index is 13.8. The van der Waals surface area contributed by atoms with Crippen LogP contribution in [0.1, 0.15) is 107 Å². The van der Waals surface area contributed by atoms with E-state index in [2.05, 4.69) is 51.1 Å². The van der Waals surface area contributed by atoms with Crippen molar-refractivity contribution in [1.82, 2.24) is 25.1 Å². The molecule has 3 saturated carbocycles. The van der Waals surface area contributed by atoms with Gasteiger partial charge in [-0.05, 0) is 89.7 Å². The summed E-state index contributed by atoms with van der Waals surface area (Å²) in [7, 11) is 1.82. The molecule has 270 valence electrons. The lowest BCUT2D eigenvalue weighted by molar-refractivity contribution is -0.120. The number of amides is 2. The molecule has 2 amide bonds. The Balaban J connectivity index is 0.954. The lowest BCUT2D eigenvalue weighted by Gasteiger charge is -2.43. The van der Waals surface area contributed by atoms with Gasteiger partial charge in [0.1, 0.15) is 23.1 Å². The SMILES string of the molecule is CC[C@@H]1C(=O)N(C)c2cnc(Nc3ccc(C(=O)N[C@H]4CC[C@@H](N5CCN(CC6CC6)CC5)CC4)c4c3OC(C)(C)C4)nc2N1C1CCCC1. The number of likely N-dealkylation sites (N-methyl/N-ethyl adjacent to an activating group) is 1. The van der Waals surface area contributed by atoms with Gasteiger partial charge >= 0.3 is 0 Å². The van der Waals surface area contributed by atoms with Gasteiger partial charge in [-0.2, -0.15) is 4.98 Å². The summed E-state index contributed by atoms with van der Waals surface area (Å²) in [5.41, 5.74) is 2.67. The van der Waals surface area contributed by atoms with Crippen LogP contribution in [0.5, 0.6) is 5.75 Å². The first-order valence-electron chi connectivity index (χ1n) is 19.5. The first-order valence-corrected chi connectivity index (χ1v) is 19.5. The van der Waals surface area contributed by atoms with Crippen LogP contribution in [0, 0.1) is 5.92 Å². The second-order valence-electron chi connectivity index (χ2n) is 16.5. The minimum atomic E-state index is -0.441. The van der Waals surface area contributed by atoms with Gasteiger partial charge in [-0.25, -0.2) is 4.98 Å². The molecule has 0 spiro atoms. The summed E-state index contributed by atoms with van der Waals surface area (Å²) in [6.07, 6.45) is 14.8. The van der Waals surface area contributed by atoms with E-state index in [1.807, 2.05) is 19.2 Å². The van der Waals surface area contributed by atoms with E-state index in [4.69, 9.17) is 9.72 Å². The fourth-order valence-electron chi connectivity index (χ4n) is 9.36. The normalized spacial score (nSPS) is 27.2. The predicted molar refractivity (Wildman–Crippen MR) is 197 cm³/mol. The van der Waals surface area contributed by atoms with Crippen molar-refractivity contribution in [1.29, 1.82) is 0 Å². The number of piperazine rings is 1. The van der Waals surface area contributed by atoms with Gasteiger partial charge in [0.15, 0.2) is 5.82 Å². The molecule has 3 aliphatic heterocycles. The van der Waals surface area contributed by atoms with Crippen molar-refractivity contribution >= 4 is 35.0 Å². The molecule has 4 fully saturated rings. The Kier molecular flexibility index (Phi) is 9.16. The quantitative estimate of drug-likeness (QED) is 0.354. The number of benzene rings is 1. The van der Waals surface area contributed by atoms with Gasteiger partial charge < -0.3 is 30.1 Å². The predicted octanol–water partition coefficient (Wildman–Crippen LogP) is 5.51. The fraction of sp³-hybridized carbons (Fsp3) is 0.692. The number of anilines is 4. The second-order valence-corrected chi connectivity index (χ2v) is 16.5. The molecule has 1 atom stereocenters. The van der Waals surface area contributed by atoms with Gasteiger partial charge in [0.2, 0.25) is 11.9 Å². The van der Waals surface area contributed by atoms with Crippen LogP contribution < -0.4 is 25.2 Å². The molecular weight excluding hydrogens is 628 g/mol. The van der Waals surface area contributed by atoms with Crippen LogP contribution in [0.4, 0.5) is 23.1 Å². The Morgan fingerprint density at radius 1 is 0.980 bits per heavy atom. The maximum Gasteiger partial charge on any atom is 0.251 e. The van der Waals surface area contributed by atoms with Crippen molar-refractivity contribution in [3.63, 3.8) is 0 Å². The minimum Gasteiger partial charge on any atom is -0.485 e. The molecule has 1 aromatic heterocycles. The molecule has 0 radical (unpaired) electrons. The van der Waals surface area contributed by atoms with E-state index in [9.17, 15) is 9.59 Å². The lowest BCUT2D eigenvalue weighted by atomic mass is 9.89. The number of nitrogens with one attached hydrogen (secondary N) is 2. The van der Waals surface area contributed by atoms with Gasteiger partial charge in [0, 0.05) is 75.4 Å². The van der Waals surface area contributed by atoms with Crippen molar-refractivity contribution in [2.75, 3.05) is 54.9 Å². The zero-order valence-electron chi connectivity index (χ0n) is 30.5. The number of fused-ring (bicyclic) bond motifs is 2. The van der Waals surface area contributed by atoms with E-state index in [1.54, 1.807) is 11.1 Å². The van der Waals surface area contributed by atoms with Crippen molar-refractivity contribution in [2.45, 2.75) is 128 Å². The Hall–Kier alpha value is -3.44. The average Bonchev–Trinajstić information content (AvgIpc) is 3.62. The monoisotopic (exact) mass is 684 g/mol. The molecule has 2 aromatic rings. The fourth-order valence-corrected chi connectivity index (χ4v) is 9.36. The van der Waals surface area contributed by atoms with Crippen LogP contribution in [0.25, 0.3) is 0 Å². The van der Waals surface area contributed by atoms with E-state index >= 15 is 0 Å². The Morgan fingerprint density at radius 3 is 2.42 bits per heavy atom. The zero-order valence-corrected chi connectivity index (χ0v) is 30.5. The molecule has 0 bridgehead atoms. The number of aromatic nitrogens is 2. The van der Waals surface area contributed by atoms with Gasteiger partial charge in [0.25, 0.3) is 5.91 Å². The van der Waals surface area contributed by atoms with Crippen molar-refractivity contribution in [3.05, 3.63) is 29.5 Å². The smallest absolute Gasteiger partial charge is 0.251 e. The summed E-state index contributed by atoms with van der Waals surface area (Å²) >= 11 is 0. The summed E-state index contributed by atoms with van der Waals surface area (Å²) in [5, 5.41) is 6.84. The van der Waals surface area contributed by atoms with Crippen LogP contribution in [-0.2, 0) is 11.2 Å². The first-order chi connectivity index (χ1) is 24.2. The number of ether oxygens (including phenoxy) is 1. The minimum absolute atomic E-state index is 0.0122. The number of hydrogen-bond acceptors (Lipinski definition) is 9. The third kappa shape index (κ3) is 6.67. The van der Waals surface area contributed by atoms with Crippen LogP contribution >= 0.6 is 0 Å². The summed E-state index contributed by atoms with van der Waals surface area (Å²) in [5.74, 6) is 3.01. The highest BCUT2D eigenvalue weighted by atomic mass is 16.5. The molecule has 6 aliphatic rings. The summed E-state index contributed by atoms with van der Waals surface area (Å²) in [6.45, 7) is 12.3. The van der Waals surface area contributed by atoms with E-state index in [0.717, 1.165) is 73.6 Å². The molecule has 1 aromatic carbocycles. The topological polar surface area (TPSA) is 106 Å². The zero-order chi connectivity index (χ0) is 34.6. The standard InChI is InChI=1S/C39H56N8O3/c1-5-32-37(49)44(4)33-23-40-38(43-35(33)47(32)28-8-6-7-9-28)42-31-17-16-29(30-22-39(2,3)50-34(30)31)36(48)41-26-12-14-27(15-13-26)46-20-18-45(19-21-46)24-25-10-11-25/h16-17,23,25-28,32H,5-15,18-22,24H2,1-4H3,(H,41,48)(H,40,42,43)/t26-,27+,32-/m1/s1. The van der Waals surface area contributed by atoms with Gasteiger partial charge in [-0.15, -0.1) is 0 Å². The highest BCUT2D eigenvalue weighted by Crippen LogP contribution is 2.45. The van der Waals surface area contributed by atoms with E-state index < -0.39 is 5.60 Å². The molecule has 3 aliphatic carbocycles. The van der Waals surface area contributed by atoms with Crippen LogP contribution in [-0.4, -0.2) is 101 Å². The number of nitrogens with zero attached hydrogens (tertiary/aromatic N) is 6. The molecule has 4 heterocycles. The number of rotatable bonds is 9. The van der Waals surface area contributed by atoms with Crippen LogP contribution in [0.2, 0.25) is 0 Å². The molecule has 11 nitrogen and oxygen atoms in total. The molecule has 1 saturated heterocycles. The van der Waals surface area contributed by atoms with Gasteiger partial charge in [-0.1, -0.05) is 19.8 Å². The summed E-state index contributed by atoms with van der Waals surface area (Å²) in [4.78, 5) is 46.2. The molecule has 0 unspecified atom stereocenters. The summed E-state index contributed by atoms with van der Waals surface area (Å²) < 4.78 is 6.50. The molecular formula is C39H56N8O3. The number of hydrogen-bond donors (Lipinski definition) is 2. The van der Waals surface area contributed by atoms with E-state index in [0.29, 0.717) is 35.8 Å². The first kappa shape index (κ1) is 33.7. The second kappa shape index (κ2) is 13.6. The highest BCUT2D eigenvalue weighted by Gasteiger charge is 2.42. The van der Waals surface area contributed by atoms with Gasteiger partial charge in [-0.3, -0.25) is 14.5 Å². The largest absolute Gasteiger partial charge is 0.485 e. The maximum atomic E-state index is 13.8. The van der Waals surface area contributed by atoms with Crippen molar-refractivity contribution < 1.29 is 14.3 Å². The summed E-state index contributed by atoms with van der Waals surface area (Å²) in [6, 6.07) is 4.76. The lowest BCUT2D eigenvalue weighted by Crippen LogP contribution is -2.55. The highest BCUT2D eigenvalue weighted by molar-refractivity contribution is 6.04. The molecule has 11 heteroatoms. The third-order valence-electron chi connectivity index (χ3n) is 12.3. The van der Waals surface area contributed by atoms with E-state index in [-0.39, 0.29) is 23.9 Å². The van der Waals surface area contributed by atoms with Crippen LogP contribution in [0.3, 0.4) is 0 Å². The number of carbonyl (C=O) groups excluding carboxylic acids is 2. The Labute approximate surface area is 297 Å². The van der Waals surface area contributed by atoms with Gasteiger partial charge in [0.05, 0.1) is 11.9 Å². The third-order valence-corrected chi connectivity index (χ3v) is 12.3. The Morgan fingerprint density at radius 2 is 1.72 bits per heavy atom. The Bertz CT molecular complexity index is 1590. The van der Waals surface area contributed by atoms with Crippen LogP contribution in [0.15, 0.2) is 18.3 Å². The molecule has 2 N–H and O–H groups in total. The van der Waals surface area contributed by atoms with Crippen molar-refractivity contribution in [3.8, 4) is 5.75 Å². The number of carbonyl (C=O) groups is 2. The van der Waals surface area contributed by atoms with Crippen molar-refractivity contribution in [2.24, 2.45) is 5.92 Å². The molecule has 8 rings (SSSR count). The van der Waals surface area contributed by atoms with E-state index in [1.165, 1.54) is 58.4 Å². The average molecular weight is 685 g/mol.